The molecule has 1 unspecified atom stereocenters. The van der Waals surface area contributed by atoms with Crippen LogP contribution in [0, 0.1) is 0 Å². The summed E-state index contributed by atoms with van der Waals surface area (Å²) in [5.74, 6) is 0.696. The Morgan fingerprint density at radius 2 is 1.86 bits per heavy atom. The summed E-state index contributed by atoms with van der Waals surface area (Å²) in [6.45, 7) is 4.30. The molecule has 0 aromatic heterocycles. The van der Waals surface area contributed by atoms with Crippen molar-refractivity contribution in [3.8, 4) is 11.5 Å². The predicted molar refractivity (Wildman–Crippen MR) is 108 cm³/mol. The number of carbonyl (C=O) groups excluding carboxylic acids is 1. The first-order valence-corrected chi connectivity index (χ1v) is 10.8. The number of benzene rings is 1. The third kappa shape index (κ3) is 5.28. The van der Waals surface area contributed by atoms with Crippen LogP contribution in [-0.2, 0) is 14.8 Å². The first-order valence-electron chi connectivity index (χ1n) is 9.28. The van der Waals surface area contributed by atoms with Gasteiger partial charge in [-0.05, 0) is 45.0 Å². The van der Waals surface area contributed by atoms with E-state index in [1.807, 2.05) is 0 Å². The molecule has 2 aliphatic rings. The van der Waals surface area contributed by atoms with E-state index in [1.54, 1.807) is 24.9 Å². The number of sulfonamides is 1. The van der Waals surface area contributed by atoms with Crippen molar-refractivity contribution in [3.63, 3.8) is 0 Å². The summed E-state index contributed by atoms with van der Waals surface area (Å²) in [4.78, 5) is 14.4. The lowest BCUT2D eigenvalue weighted by atomic mass is 10.0. The number of carbonyl (C=O) groups is 1. The SMILES string of the molecule is CC(NS(=O)(=O)c1ccc2c(c1)OCCCO2)C(=O)N(C)C1CCNCC1.Cl. The summed E-state index contributed by atoms with van der Waals surface area (Å²) in [5, 5.41) is 3.26. The second kappa shape index (κ2) is 9.78. The summed E-state index contributed by atoms with van der Waals surface area (Å²) in [6, 6.07) is 3.76. The van der Waals surface area contributed by atoms with Crippen LogP contribution in [0.15, 0.2) is 23.1 Å². The number of amides is 1. The summed E-state index contributed by atoms with van der Waals surface area (Å²) < 4.78 is 39.0. The van der Waals surface area contributed by atoms with E-state index in [9.17, 15) is 13.2 Å². The van der Waals surface area contributed by atoms with Crippen molar-refractivity contribution in [1.29, 1.82) is 0 Å². The Hall–Kier alpha value is -1.55. The van der Waals surface area contributed by atoms with Gasteiger partial charge in [0.05, 0.1) is 24.2 Å². The third-order valence-electron chi connectivity index (χ3n) is 4.94. The molecule has 158 valence electrons. The van der Waals surface area contributed by atoms with Gasteiger partial charge < -0.3 is 19.7 Å². The highest BCUT2D eigenvalue weighted by Crippen LogP contribution is 2.31. The van der Waals surface area contributed by atoms with Gasteiger partial charge in [0.1, 0.15) is 0 Å². The van der Waals surface area contributed by atoms with E-state index < -0.39 is 16.1 Å². The molecule has 1 aromatic carbocycles. The molecular weight excluding hydrogens is 406 g/mol. The van der Waals surface area contributed by atoms with Crippen molar-refractivity contribution in [1.82, 2.24) is 14.9 Å². The van der Waals surface area contributed by atoms with Gasteiger partial charge in [-0.3, -0.25) is 4.79 Å². The van der Waals surface area contributed by atoms with E-state index in [1.165, 1.54) is 12.1 Å². The Morgan fingerprint density at radius 1 is 1.21 bits per heavy atom. The summed E-state index contributed by atoms with van der Waals surface area (Å²) in [7, 11) is -2.13. The maximum Gasteiger partial charge on any atom is 0.241 e. The van der Waals surface area contributed by atoms with Gasteiger partial charge in [0.15, 0.2) is 11.5 Å². The average molecular weight is 434 g/mol. The van der Waals surface area contributed by atoms with E-state index >= 15 is 0 Å². The fourth-order valence-electron chi connectivity index (χ4n) is 3.34. The van der Waals surface area contributed by atoms with Gasteiger partial charge in [-0.25, -0.2) is 8.42 Å². The molecule has 1 amide bonds. The number of ether oxygens (including phenoxy) is 2. The highest BCUT2D eigenvalue weighted by Gasteiger charge is 2.29. The van der Waals surface area contributed by atoms with Crippen LogP contribution in [-0.4, -0.2) is 64.7 Å². The molecule has 0 radical (unpaired) electrons. The van der Waals surface area contributed by atoms with Crippen molar-refractivity contribution < 1.29 is 22.7 Å². The lowest BCUT2D eigenvalue weighted by molar-refractivity contribution is -0.133. The zero-order valence-corrected chi connectivity index (χ0v) is 17.8. The van der Waals surface area contributed by atoms with Gasteiger partial charge in [0, 0.05) is 25.6 Å². The summed E-state index contributed by atoms with van der Waals surface area (Å²) >= 11 is 0. The maximum atomic E-state index is 12.7. The molecule has 2 heterocycles. The molecule has 1 atom stereocenters. The van der Waals surface area contributed by atoms with Crippen LogP contribution in [0.2, 0.25) is 0 Å². The number of halogens is 1. The second-order valence-corrected chi connectivity index (χ2v) is 8.65. The Balaban J connectivity index is 0.00000280. The molecule has 2 aliphatic heterocycles. The van der Waals surface area contributed by atoms with E-state index in [-0.39, 0.29) is 29.3 Å². The standard InChI is InChI=1S/C18H27N3O5S.ClH/c1-13(18(22)21(2)14-6-8-19-9-7-14)20-27(23,24)15-4-5-16-17(12-15)26-11-3-10-25-16;/h4-5,12-14,19-20H,3,6-11H2,1-2H3;1H. The minimum atomic E-state index is -3.86. The molecule has 0 aliphatic carbocycles. The van der Waals surface area contributed by atoms with E-state index in [4.69, 9.17) is 9.47 Å². The minimum absolute atomic E-state index is 0. The molecule has 10 heteroatoms. The largest absolute Gasteiger partial charge is 0.490 e. The number of hydrogen-bond donors (Lipinski definition) is 2. The number of likely N-dealkylation sites (N-methyl/N-ethyl adjacent to an activating group) is 1. The summed E-state index contributed by atoms with van der Waals surface area (Å²) in [6.07, 6.45) is 2.47. The van der Waals surface area contributed by atoms with Crippen LogP contribution in [0.3, 0.4) is 0 Å². The van der Waals surface area contributed by atoms with Crippen LogP contribution < -0.4 is 19.5 Å². The van der Waals surface area contributed by atoms with Crippen LogP contribution in [0.25, 0.3) is 0 Å². The lowest BCUT2D eigenvalue weighted by Gasteiger charge is -2.33. The van der Waals surface area contributed by atoms with Gasteiger partial charge >= 0.3 is 0 Å². The fourth-order valence-corrected chi connectivity index (χ4v) is 4.55. The topological polar surface area (TPSA) is 97.0 Å². The molecule has 0 bridgehead atoms. The lowest BCUT2D eigenvalue weighted by Crippen LogP contribution is -2.51. The van der Waals surface area contributed by atoms with Gasteiger partial charge in [-0.1, -0.05) is 0 Å². The van der Waals surface area contributed by atoms with Crippen molar-refractivity contribution in [2.45, 2.75) is 43.2 Å². The molecule has 1 aromatic rings. The zero-order valence-electron chi connectivity index (χ0n) is 16.1. The molecule has 1 fully saturated rings. The molecular formula is C18H28ClN3O5S. The molecule has 0 saturated carbocycles. The Labute approximate surface area is 172 Å². The average Bonchev–Trinajstić information content (AvgIpc) is 2.92. The molecule has 0 spiro atoms. The Kier molecular flexibility index (Phi) is 7.94. The van der Waals surface area contributed by atoms with E-state index in [2.05, 4.69) is 10.0 Å². The smallest absolute Gasteiger partial charge is 0.241 e. The minimum Gasteiger partial charge on any atom is -0.490 e. The Morgan fingerprint density at radius 3 is 2.54 bits per heavy atom. The zero-order chi connectivity index (χ0) is 19.4. The van der Waals surface area contributed by atoms with Crippen molar-refractivity contribution >= 4 is 28.3 Å². The van der Waals surface area contributed by atoms with Crippen molar-refractivity contribution in [2.75, 3.05) is 33.4 Å². The first kappa shape index (κ1) is 22.7. The van der Waals surface area contributed by atoms with Gasteiger partial charge in [-0.15, -0.1) is 12.4 Å². The molecule has 3 rings (SSSR count). The number of hydrogen-bond acceptors (Lipinski definition) is 6. The van der Waals surface area contributed by atoms with E-state index in [0.717, 1.165) is 32.4 Å². The van der Waals surface area contributed by atoms with Gasteiger partial charge in [-0.2, -0.15) is 4.72 Å². The molecule has 28 heavy (non-hydrogen) atoms. The number of nitrogens with zero attached hydrogens (tertiary/aromatic N) is 1. The highest BCUT2D eigenvalue weighted by molar-refractivity contribution is 7.89. The van der Waals surface area contributed by atoms with Gasteiger partial charge in [0.25, 0.3) is 0 Å². The third-order valence-corrected chi connectivity index (χ3v) is 6.47. The molecule has 8 nitrogen and oxygen atoms in total. The molecule has 2 N–H and O–H groups in total. The van der Waals surface area contributed by atoms with Crippen molar-refractivity contribution in [2.24, 2.45) is 0 Å². The van der Waals surface area contributed by atoms with Gasteiger partial charge in [0.2, 0.25) is 15.9 Å². The first-order chi connectivity index (χ1) is 12.9. The van der Waals surface area contributed by atoms with Crippen LogP contribution in [0.4, 0.5) is 0 Å². The Bertz CT molecular complexity index is 783. The fraction of sp³-hybridized carbons (Fsp3) is 0.611. The quantitative estimate of drug-likeness (QED) is 0.723. The normalized spacial score (nSPS) is 18.5. The second-order valence-electron chi connectivity index (χ2n) is 6.93. The molecule has 1 saturated heterocycles. The predicted octanol–water partition coefficient (Wildman–Crippen LogP) is 1.15. The number of rotatable bonds is 5. The number of fused-ring (bicyclic) bond motifs is 1. The van der Waals surface area contributed by atoms with Crippen LogP contribution >= 0.6 is 12.4 Å². The van der Waals surface area contributed by atoms with Crippen LogP contribution in [0.1, 0.15) is 26.2 Å². The highest BCUT2D eigenvalue weighted by atomic mass is 35.5. The maximum absolute atomic E-state index is 12.7. The summed E-state index contributed by atoms with van der Waals surface area (Å²) in [5.41, 5.74) is 0. The van der Waals surface area contributed by atoms with E-state index in [0.29, 0.717) is 24.7 Å². The van der Waals surface area contributed by atoms with Crippen molar-refractivity contribution in [3.05, 3.63) is 18.2 Å². The number of nitrogens with one attached hydrogen (secondary N) is 2. The number of piperidine rings is 1. The monoisotopic (exact) mass is 433 g/mol. The van der Waals surface area contributed by atoms with Crippen LogP contribution in [0.5, 0.6) is 11.5 Å².